The Morgan fingerprint density at radius 3 is 2.67 bits per heavy atom. The number of rotatable bonds is 3. The molecule has 1 heterocycles. The van der Waals surface area contributed by atoms with Crippen molar-refractivity contribution in [1.29, 1.82) is 0 Å². The molecular weight excluding hydrogens is 190 g/mol. The number of nitrogens with one attached hydrogen (secondary N) is 1. The summed E-state index contributed by atoms with van der Waals surface area (Å²) in [5.41, 5.74) is 1.97. The zero-order valence-corrected chi connectivity index (χ0v) is 9.21. The highest BCUT2D eigenvalue weighted by atomic mass is 16.5. The summed E-state index contributed by atoms with van der Waals surface area (Å²) in [5.74, 6) is 0.367. The molecule has 2 rings (SSSR count). The number of hydrogen-bond acceptors (Lipinski definition) is 3. The lowest BCUT2D eigenvalue weighted by Crippen LogP contribution is -2.61. The van der Waals surface area contributed by atoms with Gasteiger partial charge in [-0.3, -0.25) is 0 Å². The normalized spacial score (nSPS) is 18.5. The van der Waals surface area contributed by atoms with Crippen molar-refractivity contribution < 1.29 is 9.84 Å². The number of methoxy groups -OCH3 is 1. The van der Waals surface area contributed by atoms with Crippen LogP contribution in [0.2, 0.25) is 0 Å². The molecule has 1 aromatic carbocycles. The van der Waals surface area contributed by atoms with E-state index in [1.165, 1.54) is 0 Å². The number of phenolic OH excluding ortho intramolecular Hbond substituents is 1. The zero-order valence-electron chi connectivity index (χ0n) is 9.21. The standard InChI is InChI=1S/C12H17NO2/c1-9-3-4-10(5-11(9)14)6-12(15-2)7-13-8-12/h3-5,13-14H,6-8H2,1-2H3. The van der Waals surface area contributed by atoms with Crippen LogP contribution in [0.4, 0.5) is 0 Å². The second-order valence-corrected chi connectivity index (χ2v) is 4.29. The maximum Gasteiger partial charge on any atom is 0.118 e. The summed E-state index contributed by atoms with van der Waals surface area (Å²) in [6.45, 7) is 3.67. The fourth-order valence-electron chi connectivity index (χ4n) is 1.88. The Kier molecular flexibility index (Phi) is 2.67. The number of benzene rings is 1. The molecule has 0 bridgehead atoms. The van der Waals surface area contributed by atoms with E-state index in [2.05, 4.69) is 5.32 Å². The Labute approximate surface area is 90.1 Å². The monoisotopic (exact) mass is 207 g/mol. The van der Waals surface area contributed by atoms with Gasteiger partial charge in [0.2, 0.25) is 0 Å². The van der Waals surface area contributed by atoms with Crippen LogP contribution in [0.5, 0.6) is 5.75 Å². The minimum Gasteiger partial charge on any atom is -0.508 e. The van der Waals surface area contributed by atoms with Crippen LogP contribution < -0.4 is 5.32 Å². The van der Waals surface area contributed by atoms with Crippen LogP contribution in [0.1, 0.15) is 11.1 Å². The molecule has 2 N–H and O–H groups in total. The fourth-order valence-corrected chi connectivity index (χ4v) is 1.88. The zero-order chi connectivity index (χ0) is 10.9. The van der Waals surface area contributed by atoms with Crippen molar-refractivity contribution in [3.05, 3.63) is 29.3 Å². The maximum atomic E-state index is 9.60. The molecule has 1 aliphatic heterocycles. The molecule has 0 saturated carbocycles. The van der Waals surface area contributed by atoms with E-state index in [4.69, 9.17) is 4.74 Å². The summed E-state index contributed by atoms with van der Waals surface area (Å²) >= 11 is 0. The first-order valence-electron chi connectivity index (χ1n) is 5.20. The quantitative estimate of drug-likeness (QED) is 0.783. The summed E-state index contributed by atoms with van der Waals surface area (Å²) < 4.78 is 5.50. The molecule has 0 atom stereocenters. The highest BCUT2D eigenvalue weighted by molar-refractivity contribution is 5.36. The van der Waals surface area contributed by atoms with Gasteiger partial charge >= 0.3 is 0 Å². The number of ether oxygens (including phenoxy) is 1. The molecule has 0 amide bonds. The Balaban J connectivity index is 2.13. The molecule has 0 radical (unpaired) electrons. The molecule has 3 heteroatoms. The molecule has 0 aromatic heterocycles. The summed E-state index contributed by atoms with van der Waals surface area (Å²) in [5, 5.41) is 12.8. The van der Waals surface area contributed by atoms with Gasteiger partial charge in [0.05, 0.1) is 5.60 Å². The predicted molar refractivity (Wildman–Crippen MR) is 59.2 cm³/mol. The molecule has 0 spiro atoms. The van der Waals surface area contributed by atoms with Gasteiger partial charge in [0.15, 0.2) is 0 Å². The van der Waals surface area contributed by atoms with Crippen LogP contribution in [0.15, 0.2) is 18.2 Å². The van der Waals surface area contributed by atoms with Gasteiger partial charge in [0.25, 0.3) is 0 Å². The van der Waals surface area contributed by atoms with Crippen LogP contribution in [0.25, 0.3) is 0 Å². The maximum absolute atomic E-state index is 9.60. The minimum absolute atomic E-state index is 0.0678. The highest BCUT2D eigenvalue weighted by Crippen LogP contribution is 2.25. The lowest BCUT2D eigenvalue weighted by molar-refractivity contribution is -0.0502. The van der Waals surface area contributed by atoms with E-state index < -0.39 is 0 Å². The van der Waals surface area contributed by atoms with Crippen molar-refractivity contribution in [2.45, 2.75) is 18.9 Å². The van der Waals surface area contributed by atoms with Gasteiger partial charge in [-0.2, -0.15) is 0 Å². The van der Waals surface area contributed by atoms with E-state index in [9.17, 15) is 5.11 Å². The summed E-state index contributed by atoms with van der Waals surface area (Å²) in [7, 11) is 1.74. The Hall–Kier alpha value is -1.06. The molecule has 15 heavy (non-hydrogen) atoms. The van der Waals surface area contributed by atoms with Crippen LogP contribution in [0.3, 0.4) is 0 Å². The van der Waals surface area contributed by atoms with Crippen LogP contribution in [-0.4, -0.2) is 30.9 Å². The lowest BCUT2D eigenvalue weighted by atomic mass is 9.88. The summed E-state index contributed by atoms with van der Waals surface area (Å²) in [6, 6.07) is 5.82. The second kappa shape index (κ2) is 3.83. The molecule has 1 aromatic rings. The summed E-state index contributed by atoms with van der Waals surface area (Å²) in [6.07, 6.45) is 0.852. The van der Waals surface area contributed by atoms with Crippen LogP contribution in [-0.2, 0) is 11.2 Å². The number of aryl methyl sites for hydroxylation is 1. The second-order valence-electron chi connectivity index (χ2n) is 4.29. The smallest absolute Gasteiger partial charge is 0.118 e. The van der Waals surface area contributed by atoms with Crippen molar-refractivity contribution in [3.63, 3.8) is 0 Å². The van der Waals surface area contributed by atoms with Gasteiger partial charge < -0.3 is 15.2 Å². The molecule has 82 valence electrons. The Morgan fingerprint density at radius 2 is 2.20 bits per heavy atom. The van der Waals surface area contributed by atoms with E-state index in [1.807, 2.05) is 25.1 Å². The van der Waals surface area contributed by atoms with Gasteiger partial charge in [-0.1, -0.05) is 12.1 Å². The topological polar surface area (TPSA) is 41.5 Å². The molecule has 1 aliphatic rings. The van der Waals surface area contributed by atoms with E-state index in [0.29, 0.717) is 5.75 Å². The minimum atomic E-state index is -0.0678. The van der Waals surface area contributed by atoms with Crippen LogP contribution in [0, 0.1) is 6.92 Å². The van der Waals surface area contributed by atoms with Gasteiger partial charge in [-0.05, 0) is 24.1 Å². The largest absolute Gasteiger partial charge is 0.508 e. The molecule has 3 nitrogen and oxygen atoms in total. The van der Waals surface area contributed by atoms with Crippen molar-refractivity contribution in [2.75, 3.05) is 20.2 Å². The van der Waals surface area contributed by atoms with Crippen molar-refractivity contribution >= 4 is 0 Å². The van der Waals surface area contributed by atoms with Gasteiger partial charge in [-0.25, -0.2) is 0 Å². The lowest BCUT2D eigenvalue weighted by Gasteiger charge is -2.41. The van der Waals surface area contributed by atoms with Gasteiger partial charge in [-0.15, -0.1) is 0 Å². The average molecular weight is 207 g/mol. The molecular formula is C12H17NO2. The van der Waals surface area contributed by atoms with Gasteiger partial charge in [0, 0.05) is 26.6 Å². The van der Waals surface area contributed by atoms with E-state index >= 15 is 0 Å². The van der Waals surface area contributed by atoms with Crippen molar-refractivity contribution in [1.82, 2.24) is 5.32 Å². The molecule has 1 fully saturated rings. The van der Waals surface area contributed by atoms with Crippen molar-refractivity contribution in [2.24, 2.45) is 0 Å². The van der Waals surface area contributed by atoms with Crippen molar-refractivity contribution in [3.8, 4) is 5.75 Å². The van der Waals surface area contributed by atoms with E-state index in [1.54, 1.807) is 7.11 Å². The third-order valence-electron chi connectivity index (χ3n) is 3.13. The summed E-state index contributed by atoms with van der Waals surface area (Å²) in [4.78, 5) is 0. The van der Waals surface area contributed by atoms with Gasteiger partial charge in [0.1, 0.15) is 5.75 Å². The Bertz CT molecular complexity index is 353. The predicted octanol–water partition coefficient (Wildman–Crippen LogP) is 1.23. The first kappa shape index (κ1) is 10.5. The van der Waals surface area contributed by atoms with Crippen LogP contribution >= 0.6 is 0 Å². The number of hydrogen-bond donors (Lipinski definition) is 2. The number of phenols is 1. The van der Waals surface area contributed by atoms with E-state index in [-0.39, 0.29) is 5.60 Å². The molecule has 1 saturated heterocycles. The SMILES string of the molecule is COC1(Cc2ccc(C)c(O)c2)CNC1. The number of aromatic hydroxyl groups is 1. The molecule has 0 aliphatic carbocycles. The molecule has 0 unspecified atom stereocenters. The average Bonchev–Trinajstić information content (AvgIpc) is 2.17. The third kappa shape index (κ3) is 1.98. The third-order valence-corrected chi connectivity index (χ3v) is 3.13. The highest BCUT2D eigenvalue weighted by Gasteiger charge is 2.36. The first-order chi connectivity index (χ1) is 7.15. The first-order valence-corrected chi connectivity index (χ1v) is 5.20. The Morgan fingerprint density at radius 1 is 1.47 bits per heavy atom. The van der Waals surface area contributed by atoms with E-state index in [0.717, 1.165) is 30.6 Å². The fraction of sp³-hybridized carbons (Fsp3) is 0.500.